The molecule has 0 saturated carbocycles. The van der Waals surface area contributed by atoms with Crippen LogP contribution in [0.1, 0.15) is 5.56 Å². The van der Waals surface area contributed by atoms with E-state index in [0.717, 1.165) is 0 Å². The molecule has 132 valence electrons. The van der Waals surface area contributed by atoms with Crippen LogP contribution < -0.4 is 9.64 Å². The van der Waals surface area contributed by atoms with Gasteiger partial charge in [0, 0.05) is 5.57 Å². The molecule has 2 heterocycles. The van der Waals surface area contributed by atoms with Crippen LogP contribution in [0.3, 0.4) is 0 Å². The highest BCUT2D eigenvalue weighted by molar-refractivity contribution is 7.80. The standard InChI is InChI=1S/C20H13N3O3S/c1-26-14-9-7-12(8-10-14)16-15(11-21)18(24)23-17(16)19(25)22(20(23)27)13-5-3-2-4-6-13/h2-10,17H,1H3. The number of nitriles is 1. The lowest BCUT2D eigenvalue weighted by molar-refractivity contribution is -0.126. The van der Waals surface area contributed by atoms with Gasteiger partial charge in [-0.05, 0) is 42.0 Å². The Morgan fingerprint density at radius 2 is 1.74 bits per heavy atom. The van der Waals surface area contributed by atoms with Gasteiger partial charge in [-0.2, -0.15) is 5.26 Å². The number of para-hydroxylation sites is 1. The zero-order valence-electron chi connectivity index (χ0n) is 14.2. The largest absolute Gasteiger partial charge is 0.497 e. The summed E-state index contributed by atoms with van der Waals surface area (Å²) in [4.78, 5) is 28.6. The minimum atomic E-state index is -0.937. The van der Waals surface area contributed by atoms with E-state index >= 15 is 0 Å². The summed E-state index contributed by atoms with van der Waals surface area (Å²) >= 11 is 5.41. The molecule has 0 aromatic heterocycles. The topological polar surface area (TPSA) is 73.6 Å². The van der Waals surface area contributed by atoms with Crippen LogP contribution in [-0.4, -0.2) is 35.0 Å². The molecule has 1 saturated heterocycles. The average molecular weight is 375 g/mol. The highest BCUT2D eigenvalue weighted by Gasteiger charge is 2.54. The second-order valence-electron chi connectivity index (χ2n) is 6.00. The molecular weight excluding hydrogens is 362 g/mol. The van der Waals surface area contributed by atoms with Crippen molar-refractivity contribution in [1.29, 1.82) is 5.26 Å². The van der Waals surface area contributed by atoms with Crippen molar-refractivity contribution in [2.24, 2.45) is 0 Å². The lowest BCUT2D eigenvalue weighted by Gasteiger charge is -2.17. The zero-order valence-corrected chi connectivity index (χ0v) is 15.1. The fraction of sp³-hybridized carbons (Fsp3) is 0.100. The first-order chi connectivity index (χ1) is 13.1. The van der Waals surface area contributed by atoms with E-state index in [9.17, 15) is 14.9 Å². The first-order valence-corrected chi connectivity index (χ1v) is 8.54. The SMILES string of the molecule is COc1ccc(C2=C(C#N)C(=O)N3C(=S)N(c4ccccc4)C(=O)C23)cc1. The predicted molar refractivity (Wildman–Crippen MR) is 103 cm³/mol. The first-order valence-electron chi connectivity index (χ1n) is 8.13. The Hall–Kier alpha value is -3.50. The van der Waals surface area contributed by atoms with E-state index in [4.69, 9.17) is 17.0 Å². The van der Waals surface area contributed by atoms with Gasteiger partial charge in [-0.1, -0.05) is 30.3 Å². The van der Waals surface area contributed by atoms with Crippen LogP contribution in [0, 0.1) is 11.3 Å². The number of methoxy groups -OCH3 is 1. The lowest BCUT2D eigenvalue weighted by Crippen LogP contribution is -2.36. The molecule has 0 aliphatic carbocycles. The summed E-state index contributed by atoms with van der Waals surface area (Å²) in [6.45, 7) is 0. The Balaban J connectivity index is 1.83. The number of hydrogen-bond donors (Lipinski definition) is 0. The van der Waals surface area contributed by atoms with Crippen molar-refractivity contribution >= 4 is 40.4 Å². The number of carbonyl (C=O) groups excluding carboxylic acids is 2. The molecule has 2 amide bonds. The van der Waals surface area contributed by atoms with E-state index in [1.54, 1.807) is 55.6 Å². The van der Waals surface area contributed by atoms with Gasteiger partial charge in [0.2, 0.25) is 0 Å². The molecule has 2 aliphatic heterocycles. The summed E-state index contributed by atoms with van der Waals surface area (Å²) in [6, 6.07) is 16.8. The van der Waals surface area contributed by atoms with E-state index in [-0.39, 0.29) is 16.6 Å². The monoisotopic (exact) mass is 375 g/mol. The van der Waals surface area contributed by atoms with Crippen molar-refractivity contribution in [2.75, 3.05) is 12.0 Å². The van der Waals surface area contributed by atoms with Crippen molar-refractivity contribution in [3.05, 3.63) is 65.7 Å². The molecule has 1 atom stereocenters. The maximum absolute atomic E-state index is 13.2. The Morgan fingerprint density at radius 1 is 1.07 bits per heavy atom. The summed E-state index contributed by atoms with van der Waals surface area (Å²) in [5.41, 5.74) is 1.51. The second kappa shape index (κ2) is 6.34. The molecule has 7 heteroatoms. The lowest BCUT2D eigenvalue weighted by atomic mass is 9.96. The predicted octanol–water partition coefficient (Wildman–Crippen LogP) is 2.51. The molecule has 2 aromatic rings. The number of rotatable bonds is 3. The summed E-state index contributed by atoms with van der Waals surface area (Å²) < 4.78 is 5.15. The number of amides is 2. The minimum Gasteiger partial charge on any atom is -0.497 e. The fourth-order valence-corrected chi connectivity index (χ4v) is 3.75. The van der Waals surface area contributed by atoms with E-state index < -0.39 is 11.9 Å². The number of anilines is 1. The highest BCUT2D eigenvalue weighted by Crippen LogP contribution is 2.40. The van der Waals surface area contributed by atoms with Crippen LogP contribution in [0.4, 0.5) is 5.69 Å². The Morgan fingerprint density at radius 3 is 2.33 bits per heavy atom. The van der Waals surface area contributed by atoms with Crippen LogP contribution in [0.2, 0.25) is 0 Å². The van der Waals surface area contributed by atoms with E-state index in [0.29, 0.717) is 22.6 Å². The molecule has 0 radical (unpaired) electrons. The number of fused-ring (bicyclic) bond motifs is 1. The van der Waals surface area contributed by atoms with Crippen molar-refractivity contribution < 1.29 is 14.3 Å². The molecule has 2 aliphatic rings. The Kier molecular flexibility index (Phi) is 3.98. The van der Waals surface area contributed by atoms with E-state index in [1.807, 2.05) is 12.1 Å². The summed E-state index contributed by atoms with van der Waals surface area (Å²) in [5.74, 6) is -0.265. The van der Waals surface area contributed by atoms with Crippen LogP contribution in [0.25, 0.3) is 5.57 Å². The van der Waals surface area contributed by atoms with Crippen molar-refractivity contribution in [3.8, 4) is 11.8 Å². The third kappa shape index (κ3) is 2.42. The second-order valence-corrected chi connectivity index (χ2v) is 6.36. The molecule has 0 N–H and O–H groups in total. The summed E-state index contributed by atoms with van der Waals surface area (Å²) in [6.07, 6.45) is 0. The molecule has 0 spiro atoms. The summed E-state index contributed by atoms with van der Waals surface area (Å²) in [5, 5.41) is 9.61. The third-order valence-corrected chi connectivity index (χ3v) is 4.99. The van der Waals surface area contributed by atoms with Gasteiger partial charge in [0.1, 0.15) is 23.4 Å². The summed E-state index contributed by atoms with van der Waals surface area (Å²) in [7, 11) is 1.55. The van der Waals surface area contributed by atoms with Crippen LogP contribution in [-0.2, 0) is 9.59 Å². The molecule has 2 aromatic carbocycles. The first kappa shape index (κ1) is 16.9. The van der Waals surface area contributed by atoms with Gasteiger partial charge in [0.05, 0.1) is 12.8 Å². The zero-order chi connectivity index (χ0) is 19.1. The molecule has 1 unspecified atom stereocenters. The Labute approximate surface area is 160 Å². The number of ether oxygens (including phenoxy) is 1. The van der Waals surface area contributed by atoms with Gasteiger partial charge in [-0.25, -0.2) is 0 Å². The van der Waals surface area contributed by atoms with Crippen molar-refractivity contribution in [3.63, 3.8) is 0 Å². The normalized spacial score (nSPS) is 18.8. The van der Waals surface area contributed by atoms with Crippen molar-refractivity contribution in [2.45, 2.75) is 6.04 Å². The Bertz CT molecular complexity index is 1040. The van der Waals surface area contributed by atoms with Crippen LogP contribution >= 0.6 is 12.2 Å². The maximum atomic E-state index is 13.2. The number of carbonyl (C=O) groups is 2. The molecular formula is C20H13N3O3S. The average Bonchev–Trinajstić information content (AvgIpc) is 3.14. The van der Waals surface area contributed by atoms with Gasteiger partial charge in [-0.15, -0.1) is 0 Å². The smallest absolute Gasteiger partial charge is 0.272 e. The highest BCUT2D eigenvalue weighted by atomic mass is 32.1. The van der Waals surface area contributed by atoms with Gasteiger partial charge in [0.15, 0.2) is 5.11 Å². The van der Waals surface area contributed by atoms with Gasteiger partial charge < -0.3 is 4.74 Å². The quantitative estimate of drug-likeness (QED) is 0.771. The van der Waals surface area contributed by atoms with Gasteiger partial charge in [-0.3, -0.25) is 19.4 Å². The third-order valence-electron chi connectivity index (χ3n) is 4.61. The molecule has 27 heavy (non-hydrogen) atoms. The molecule has 0 bridgehead atoms. The molecule has 6 nitrogen and oxygen atoms in total. The van der Waals surface area contributed by atoms with Gasteiger partial charge >= 0.3 is 0 Å². The number of benzene rings is 2. The molecule has 1 fully saturated rings. The van der Waals surface area contributed by atoms with Gasteiger partial charge in [0.25, 0.3) is 11.8 Å². The minimum absolute atomic E-state index is 0.0615. The van der Waals surface area contributed by atoms with Crippen LogP contribution in [0.5, 0.6) is 5.75 Å². The number of thiocarbonyl (C=S) groups is 1. The van der Waals surface area contributed by atoms with Crippen LogP contribution in [0.15, 0.2) is 60.2 Å². The van der Waals surface area contributed by atoms with E-state index in [1.165, 1.54) is 9.80 Å². The number of hydrogen-bond acceptors (Lipinski definition) is 5. The van der Waals surface area contributed by atoms with Crippen molar-refractivity contribution in [1.82, 2.24) is 4.90 Å². The maximum Gasteiger partial charge on any atom is 0.272 e. The molecule has 4 rings (SSSR count). The van der Waals surface area contributed by atoms with E-state index in [2.05, 4.69) is 0 Å². The fourth-order valence-electron chi connectivity index (χ4n) is 3.37. The number of nitrogens with zero attached hydrogens (tertiary/aromatic N) is 3.